The number of ether oxygens (including phenoxy) is 1. The van der Waals surface area contributed by atoms with Crippen molar-refractivity contribution in [2.45, 2.75) is 6.92 Å². The van der Waals surface area contributed by atoms with Crippen molar-refractivity contribution >= 4 is 30.4 Å². The Labute approximate surface area is 109 Å². The fourth-order valence-electron chi connectivity index (χ4n) is 0.401. The third kappa shape index (κ3) is 18.8. The minimum absolute atomic E-state index is 0. The molecule has 0 amide bonds. The van der Waals surface area contributed by atoms with Crippen molar-refractivity contribution in [1.82, 2.24) is 0 Å². The van der Waals surface area contributed by atoms with Crippen molar-refractivity contribution < 1.29 is 29.0 Å². The molecule has 13 heavy (non-hydrogen) atoms. The van der Waals surface area contributed by atoms with Gasteiger partial charge in [0.25, 0.3) is 0 Å². The standard InChI is InChI=1S/C6H5.C3H5O2.HI.Zn/c1-2-4-6-5-3-1;1-2-5-3-4;;/h1-5H;2H2,1H3;1H;/q2*-1;;+2. The molecule has 1 aromatic rings. The minimum atomic E-state index is 0. The molecule has 0 aromatic heterocycles. The summed E-state index contributed by atoms with van der Waals surface area (Å²) < 4.78 is 4.03. The van der Waals surface area contributed by atoms with Crippen LogP contribution in [0.4, 0.5) is 0 Å². The quantitative estimate of drug-likeness (QED) is 0.467. The van der Waals surface area contributed by atoms with Crippen LogP contribution in [-0.2, 0) is 29.0 Å². The van der Waals surface area contributed by atoms with Gasteiger partial charge in [0, 0.05) is 6.61 Å². The number of hydrogen-bond acceptors (Lipinski definition) is 2. The maximum Gasteiger partial charge on any atom is 2.00 e. The van der Waals surface area contributed by atoms with E-state index in [1.165, 1.54) is 6.47 Å². The first-order valence-corrected chi connectivity index (χ1v) is 3.31. The van der Waals surface area contributed by atoms with Gasteiger partial charge < -0.3 is 9.53 Å². The Bertz CT molecular complexity index is 144. The van der Waals surface area contributed by atoms with Crippen LogP contribution in [0.25, 0.3) is 0 Å². The molecule has 1 aromatic carbocycles. The number of hydrogen-bond donors (Lipinski definition) is 0. The molecule has 0 atom stereocenters. The SMILES string of the molecule is CCO[C-]=O.I.[Zn+2].[c-]1ccccc1. The van der Waals surface area contributed by atoms with Gasteiger partial charge in [0.05, 0.1) is 0 Å². The first kappa shape index (κ1) is 18.8. The van der Waals surface area contributed by atoms with Gasteiger partial charge in [0.2, 0.25) is 0 Å². The Kier molecular flexibility index (Phi) is 25.9. The second-order valence-electron chi connectivity index (χ2n) is 1.59. The molecule has 0 fully saturated rings. The van der Waals surface area contributed by atoms with Crippen molar-refractivity contribution in [2.75, 3.05) is 6.61 Å². The van der Waals surface area contributed by atoms with Gasteiger partial charge in [-0.25, -0.2) is 0 Å². The van der Waals surface area contributed by atoms with Crippen LogP contribution < -0.4 is 0 Å². The Morgan fingerprint density at radius 2 is 1.85 bits per heavy atom. The predicted molar refractivity (Wildman–Crippen MR) is 58.0 cm³/mol. The van der Waals surface area contributed by atoms with Crippen LogP contribution >= 0.6 is 24.0 Å². The predicted octanol–water partition coefficient (Wildman–Crippen LogP) is 2.19. The van der Waals surface area contributed by atoms with E-state index in [0.29, 0.717) is 6.61 Å². The van der Waals surface area contributed by atoms with Gasteiger partial charge in [0.1, 0.15) is 0 Å². The van der Waals surface area contributed by atoms with Crippen LogP contribution in [0.2, 0.25) is 0 Å². The van der Waals surface area contributed by atoms with E-state index < -0.39 is 0 Å². The first-order chi connectivity index (χ1) is 5.41. The Balaban J connectivity index is -0.000000136. The summed E-state index contributed by atoms with van der Waals surface area (Å²) in [6.45, 7) is 3.41. The molecule has 0 spiro atoms. The Morgan fingerprint density at radius 3 is 1.92 bits per heavy atom. The second-order valence-corrected chi connectivity index (χ2v) is 1.59. The topological polar surface area (TPSA) is 26.3 Å². The maximum atomic E-state index is 9.06. The van der Waals surface area contributed by atoms with Gasteiger partial charge in [-0.3, -0.25) is 0 Å². The van der Waals surface area contributed by atoms with E-state index in [1.807, 2.05) is 30.3 Å². The molecule has 2 nitrogen and oxygen atoms in total. The van der Waals surface area contributed by atoms with E-state index in [-0.39, 0.29) is 43.5 Å². The summed E-state index contributed by atoms with van der Waals surface area (Å²) in [6, 6.07) is 12.5. The molecule has 0 aliphatic heterocycles. The van der Waals surface area contributed by atoms with Crippen LogP contribution in [0.3, 0.4) is 0 Å². The third-order valence-electron chi connectivity index (χ3n) is 0.810. The summed E-state index contributed by atoms with van der Waals surface area (Å²) in [6.07, 6.45) is 0. The Hall–Kier alpha value is 0.0434. The fourth-order valence-corrected chi connectivity index (χ4v) is 0.401. The van der Waals surface area contributed by atoms with Crippen LogP contribution in [-0.4, -0.2) is 13.1 Å². The van der Waals surface area contributed by atoms with Crippen molar-refractivity contribution in [3.8, 4) is 0 Å². The molecule has 0 heterocycles. The number of halogens is 1. The van der Waals surface area contributed by atoms with Crippen LogP contribution in [0.15, 0.2) is 30.3 Å². The van der Waals surface area contributed by atoms with Crippen molar-refractivity contribution in [2.24, 2.45) is 0 Å². The summed E-state index contributed by atoms with van der Waals surface area (Å²) >= 11 is 0. The normalized spacial score (nSPS) is 6.23. The van der Waals surface area contributed by atoms with Gasteiger partial charge in [-0.15, -0.1) is 24.0 Å². The Morgan fingerprint density at radius 1 is 1.31 bits per heavy atom. The fraction of sp³-hybridized carbons (Fsp3) is 0.222. The smallest absolute Gasteiger partial charge is 0.653 e. The van der Waals surface area contributed by atoms with E-state index in [9.17, 15) is 0 Å². The zero-order chi connectivity index (χ0) is 8.36. The molecule has 0 unspecified atom stereocenters. The molecule has 68 valence electrons. The van der Waals surface area contributed by atoms with Gasteiger partial charge in [-0.1, -0.05) is 6.47 Å². The maximum absolute atomic E-state index is 9.06. The molecule has 0 aliphatic carbocycles. The van der Waals surface area contributed by atoms with E-state index in [2.05, 4.69) is 10.8 Å². The van der Waals surface area contributed by atoms with E-state index in [4.69, 9.17) is 4.79 Å². The number of rotatable bonds is 2. The molecule has 0 bridgehead atoms. The van der Waals surface area contributed by atoms with Crippen molar-refractivity contribution in [3.05, 3.63) is 36.4 Å². The summed E-state index contributed by atoms with van der Waals surface area (Å²) in [5.74, 6) is 0. The van der Waals surface area contributed by atoms with Crippen LogP contribution in [0.1, 0.15) is 6.92 Å². The van der Waals surface area contributed by atoms with Crippen LogP contribution in [0.5, 0.6) is 0 Å². The zero-order valence-electron chi connectivity index (χ0n) is 7.53. The number of carbonyl (C=O) groups excluding carboxylic acids is 1. The molecule has 0 saturated carbocycles. The first-order valence-electron chi connectivity index (χ1n) is 3.31. The molecule has 0 saturated heterocycles. The minimum Gasteiger partial charge on any atom is -0.653 e. The van der Waals surface area contributed by atoms with Crippen LogP contribution in [0, 0.1) is 6.07 Å². The van der Waals surface area contributed by atoms with E-state index in [0.717, 1.165) is 0 Å². The largest absolute Gasteiger partial charge is 2.00 e. The van der Waals surface area contributed by atoms with Gasteiger partial charge in [-0.2, -0.15) is 36.4 Å². The summed E-state index contributed by atoms with van der Waals surface area (Å²) in [4.78, 5) is 9.06. The molecule has 1 rings (SSSR count). The van der Waals surface area contributed by atoms with E-state index in [1.54, 1.807) is 6.92 Å². The average Bonchev–Trinajstić information content (AvgIpc) is 2.10. The van der Waals surface area contributed by atoms with Gasteiger partial charge >= 0.3 is 19.5 Å². The molecule has 0 N–H and O–H groups in total. The molecule has 4 heteroatoms. The van der Waals surface area contributed by atoms with E-state index >= 15 is 0 Å². The summed E-state index contributed by atoms with van der Waals surface area (Å²) in [5.41, 5.74) is 0. The van der Waals surface area contributed by atoms with Gasteiger partial charge in [-0.05, 0) is 6.92 Å². The third-order valence-corrected chi connectivity index (χ3v) is 0.810. The molecular weight excluding hydrogens is 332 g/mol. The number of benzene rings is 1. The monoisotopic (exact) mass is 342 g/mol. The zero-order valence-corrected chi connectivity index (χ0v) is 12.8. The van der Waals surface area contributed by atoms with Gasteiger partial charge in [0.15, 0.2) is 0 Å². The summed E-state index contributed by atoms with van der Waals surface area (Å²) in [5, 5.41) is 0. The molecular formula is C9H11IO2Zn. The summed E-state index contributed by atoms with van der Waals surface area (Å²) in [7, 11) is 0. The molecule has 0 aliphatic rings. The van der Waals surface area contributed by atoms with Crippen molar-refractivity contribution in [3.63, 3.8) is 0 Å². The second kappa shape index (κ2) is 18.0. The molecule has 0 radical (unpaired) electrons. The van der Waals surface area contributed by atoms with Crippen molar-refractivity contribution in [1.29, 1.82) is 0 Å². The average molecular weight is 343 g/mol.